The minimum Gasteiger partial charge on any atom is -0.493 e. The van der Waals surface area contributed by atoms with Crippen LogP contribution in [0, 0.1) is 5.41 Å². The van der Waals surface area contributed by atoms with Crippen molar-refractivity contribution in [3.8, 4) is 5.75 Å². The maximum Gasteiger partial charge on any atom is 0.122 e. The molecule has 100 valence electrons. The molecule has 0 aliphatic carbocycles. The van der Waals surface area contributed by atoms with Gasteiger partial charge < -0.3 is 15.6 Å². The summed E-state index contributed by atoms with van der Waals surface area (Å²) in [6.07, 6.45) is 1.72. The Kier molecular flexibility index (Phi) is 3.26. The van der Waals surface area contributed by atoms with Crippen LogP contribution in [0.15, 0.2) is 35.8 Å². The van der Waals surface area contributed by atoms with Gasteiger partial charge in [0.1, 0.15) is 16.9 Å². The zero-order valence-corrected chi connectivity index (χ0v) is 11.3. The van der Waals surface area contributed by atoms with Crippen molar-refractivity contribution in [3.05, 3.63) is 46.4 Å². The number of aliphatic hydroxyl groups excluding tert-OH is 1. The standard InChI is InChI=1S/C14H16N2O2S/c15-8-14(12(17)13-16-5-6-19-13)7-10-3-1-2-4-11(10)18-9-14/h1-6,12,17H,7-9,15H2. The van der Waals surface area contributed by atoms with E-state index in [1.54, 1.807) is 6.20 Å². The van der Waals surface area contributed by atoms with Crippen molar-refractivity contribution in [1.29, 1.82) is 0 Å². The van der Waals surface area contributed by atoms with Crippen molar-refractivity contribution in [3.63, 3.8) is 0 Å². The molecule has 1 aromatic carbocycles. The van der Waals surface area contributed by atoms with Crippen LogP contribution in [0.5, 0.6) is 5.75 Å². The van der Waals surface area contributed by atoms with Gasteiger partial charge in [-0.3, -0.25) is 0 Å². The number of fused-ring (bicyclic) bond motifs is 1. The van der Waals surface area contributed by atoms with Crippen LogP contribution in [0.25, 0.3) is 0 Å². The summed E-state index contributed by atoms with van der Waals surface area (Å²) < 4.78 is 5.79. The molecule has 2 atom stereocenters. The maximum atomic E-state index is 10.6. The second-order valence-corrected chi connectivity index (χ2v) is 5.84. The molecule has 0 saturated heterocycles. The molecule has 2 unspecified atom stereocenters. The zero-order valence-electron chi connectivity index (χ0n) is 10.5. The van der Waals surface area contributed by atoms with E-state index in [2.05, 4.69) is 4.98 Å². The molecule has 0 fully saturated rings. The molecule has 0 spiro atoms. The molecule has 4 nitrogen and oxygen atoms in total. The van der Waals surface area contributed by atoms with E-state index in [1.165, 1.54) is 11.3 Å². The minimum atomic E-state index is -0.689. The van der Waals surface area contributed by atoms with Crippen LogP contribution in [0.3, 0.4) is 0 Å². The molecule has 5 heteroatoms. The van der Waals surface area contributed by atoms with Gasteiger partial charge in [-0.05, 0) is 18.1 Å². The lowest BCUT2D eigenvalue weighted by Crippen LogP contribution is -2.46. The fourth-order valence-electron chi connectivity index (χ4n) is 2.49. The summed E-state index contributed by atoms with van der Waals surface area (Å²) in [7, 11) is 0. The monoisotopic (exact) mass is 276 g/mol. The smallest absolute Gasteiger partial charge is 0.122 e. The normalized spacial score (nSPS) is 23.5. The van der Waals surface area contributed by atoms with Gasteiger partial charge in [0.25, 0.3) is 0 Å². The predicted octanol–water partition coefficient (Wildman–Crippen LogP) is 1.76. The van der Waals surface area contributed by atoms with Crippen LogP contribution in [-0.4, -0.2) is 23.2 Å². The lowest BCUT2D eigenvalue weighted by molar-refractivity contribution is -0.0162. The molecule has 2 heterocycles. The zero-order chi connectivity index (χ0) is 13.3. The molecule has 1 aliphatic rings. The number of para-hydroxylation sites is 1. The number of aromatic nitrogens is 1. The van der Waals surface area contributed by atoms with Gasteiger partial charge in [-0.1, -0.05) is 18.2 Å². The van der Waals surface area contributed by atoms with Crippen molar-refractivity contribution in [2.75, 3.05) is 13.2 Å². The van der Waals surface area contributed by atoms with Gasteiger partial charge in [0, 0.05) is 18.1 Å². The summed E-state index contributed by atoms with van der Waals surface area (Å²) in [5.41, 5.74) is 6.54. The Hall–Kier alpha value is -1.43. The average molecular weight is 276 g/mol. The Morgan fingerprint density at radius 2 is 2.32 bits per heavy atom. The molecular weight excluding hydrogens is 260 g/mol. The van der Waals surface area contributed by atoms with Gasteiger partial charge in [-0.15, -0.1) is 11.3 Å². The Morgan fingerprint density at radius 3 is 3.05 bits per heavy atom. The van der Waals surface area contributed by atoms with Crippen molar-refractivity contribution in [2.45, 2.75) is 12.5 Å². The average Bonchev–Trinajstić information content (AvgIpc) is 3.00. The van der Waals surface area contributed by atoms with E-state index < -0.39 is 11.5 Å². The number of rotatable bonds is 3. The summed E-state index contributed by atoms with van der Waals surface area (Å²) in [5, 5.41) is 13.2. The molecule has 2 aromatic rings. The molecule has 3 N–H and O–H groups in total. The molecule has 0 radical (unpaired) electrons. The number of nitrogens with two attached hydrogens (primary N) is 1. The van der Waals surface area contributed by atoms with Gasteiger partial charge in [-0.25, -0.2) is 4.98 Å². The Morgan fingerprint density at radius 1 is 1.47 bits per heavy atom. The van der Waals surface area contributed by atoms with Crippen LogP contribution in [0.2, 0.25) is 0 Å². The largest absolute Gasteiger partial charge is 0.493 e. The van der Waals surface area contributed by atoms with Gasteiger partial charge in [0.05, 0.1) is 12.0 Å². The number of thiazole rings is 1. The summed E-state index contributed by atoms with van der Waals surface area (Å²) in [6.45, 7) is 0.781. The van der Waals surface area contributed by atoms with Gasteiger partial charge in [0.2, 0.25) is 0 Å². The first-order chi connectivity index (χ1) is 9.25. The molecular formula is C14H16N2O2S. The van der Waals surface area contributed by atoms with E-state index in [-0.39, 0.29) is 0 Å². The van der Waals surface area contributed by atoms with E-state index in [0.717, 1.165) is 11.3 Å². The first kappa shape index (κ1) is 12.6. The van der Waals surface area contributed by atoms with Gasteiger partial charge in [-0.2, -0.15) is 0 Å². The number of benzene rings is 1. The van der Waals surface area contributed by atoms with Crippen LogP contribution >= 0.6 is 11.3 Å². The predicted molar refractivity (Wildman–Crippen MR) is 74.2 cm³/mol. The van der Waals surface area contributed by atoms with Gasteiger partial charge in [0.15, 0.2) is 0 Å². The molecule has 0 amide bonds. The highest BCUT2D eigenvalue weighted by Crippen LogP contribution is 2.42. The van der Waals surface area contributed by atoms with Crippen LogP contribution < -0.4 is 10.5 Å². The second-order valence-electron chi connectivity index (χ2n) is 4.91. The molecule has 1 aliphatic heterocycles. The molecule has 3 rings (SSSR count). The van der Waals surface area contributed by atoms with Gasteiger partial charge >= 0.3 is 0 Å². The number of nitrogens with zero attached hydrogens (tertiary/aromatic N) is 1. The quantitative estimate of drug-likeness (QED) is 0.896. The van der Waals surface area contributed by atoms with Crippen LogP contribution in [0.1, 0.15) is 16.7 Å². The number of hydrogen-bond acceptors (Lipinski definition) is 5. The molecule has 0 bridgehead atoms. The third kappa shape index (κ3) is 2.14. The summed E-state index contributed by atoms with van der Waals surface area (Å²) in [4.78, 5) is 4.20. The van der Waals surface area contributed by atoms with E-state index >= 15 is 0 Å². The third-order valence-corrected chi connectivity index (χ3v) is 4.53. The highest BCUT2D eigenvalue weighted by Gasteiger charge is 2.43. The van der Waals surface area contributed by atoms with Crippen LogP contribution in [-0.2, 0) is 6.42 Å². The Labute approximate surface area is 115 Å². The summed E-state index contributed by atoms with van der Waals surface area (Å²) in [5.74, 6) is 0.887. The Bertz CT molecular complexity index is 558. The van der Waals surface area contributed by atoms with E-state index in [0.29, 0.717) is 24.6 Å². The third-order valence-electron chi connectivity index (χ3n) is 3.70. The topological polar surface area (TPSA) is 68.4 Å². The fourth-order valence-corrected chi connectivity index (χ4v) is 3.25. The van der Waals surface area contributed by atoms with Crippen molar-refractivity contribution >= 4 is 11.3 Å². The summed E-state index contributed by atoms with van der Waals surface area (Å²) >= 11 is 1.45. The van der Waals surface area contributed by atoms with E-state index in [9.17, 15) is 5.11 Å². The lowest BCUT2D eigenvalue weighted by Gasteiger charge is -2.39. The number of aliphatic hydroxyl groups is 1. The minimum absolute atomic E-state index is 0.363. The number of ether oxygens (including phenoxy) is 1. The second kappa shape index (κ2) is 4.92. The van der Waals surface area contributed by atoms with E-state index in [4.69, 9.17) is 10.5 Å². The molecule has 0 saturated carbocycles. The highest BCUT2D eigenvalue weighted by atomic mass is 32.1. The maximum absolute atomic E-state index is 10.6. The SMILES string of the molecule is NCC1(C(O)c2nccs2)COc2ccccc2C1. The van der Waals surface area contributed by atoms with E-state index in [1.807, 2.05) is 29.6 Å². The van der Waals surface area contributed by atoms with Crippen molar-refractivity contribution in [1.82, 2.24) is 4.98 Å². The van der Waals surface area contributed by atoms with Crippen molar-refractivity contribution in [2.24, 2.45) is 11.1 Å². The highest BCUT2D eigenvalue weighted by molar-refractivity contribution is 7.09. The molecule has 1 aromatic heterocycles. The Balaban J connectivity index is 1.94. The first-order valence-corrected chi connectivity index (χ1v) is 7.11. The lowest BCUT2D eigenvalue weighted by atomic mass is 9.76. The van der Waals surface area contributed by atoms with Crippen LogP contribution in [0.4, 0.5) is 0 Å². The van der Waals surface area contributed by atoms with Crippen molar-refractivity contribution < 1.29 is 9.84 Å². The first-order valence-electron chi connectivity index (χ1n) is 6.23. The fraction of sp³-hybridized carbons (Fsp3) is 0.357. The summed E-state index contributed by atoms with van der Waals surface area (Å²) in [6, 6.07) is 7.90. The number of hydrogen-bond donors (Lipinski definition) is 2. The molecule has 19 heavy (non-hydrogen) atoms.